The van der Waals surface area contributed by atoms with Crippen molar-refractivity contribution in [3.05, 3.63) is 0 Å². The standard InChI is InChI=1S/C8H14O3/c1-5(2)3-6-7(11-6)4-8(9)10/h5-7H,3-4H2,1-2H3,(H,9,10). The second-order valence-corrected chi connectivity index (χ2v) is 3.44. The first-order valence-electron chi connectivity index (χ1n) is 3.97. The molecule has 2 atom stereocenters. The third-order valence-electron chi connectivity index (χ3n) is 1.77. The summed E-state index contributed by atoms with van der Waals surface area (Å²) in [5.41, 5.74) is 0. The molecular weight excluding hydrogens is 144 g/mol. The predicted octanol–water partition coefficient (Wildman–Crippen LogP) is 1.27. The van der Waals surface area contributed by atoms with E-state index in [9.17, 15) is 4.79 Å². The molecule has 2 unspecified atom stereocenters. The molecule has 0 spiro atoms. The molecule has 0 aromatic rings. The van der Waals surface area contributed by atoms with Crippen molar-refractivity contribution >= 4 is 5.97 Å². The van der Waals surface area contributed by atoms with E-state index in [1.807, 2.05) is 0 Å². The second kappa shape index (κ2) is 3.22. The van der Waals surface area contributed by atoms with Crippen molar-refractivity contribution in [2.24, 2.45) is 5.92 Å². The number of hydrogen-bond donors (Lipinski definition) is 1. The molecule has 1 rings (SSSR count). The van der Waals surface area contributed by atoms with Gasteiger partial charge in [-0.1, -0.05) is 13.8 Å². The third kappa shape index (κ3) is 2.89. The van der Waals surface area contributed by atoms with Crippen molar-refractivity contribution in [2.75, 3.05) is 0 Å². The molecule has 0 radical (unpaired) electrons. The van der Waals surface area contributed by atoms with Gasteiger partial charge in [-0.15, -0.1) is 0 Å². The summed E-state index contributed by atoms with van der Waals surface area (Å²) in [5, 5.41) is 8.40. The van der Waals surface area contributed by atoms with Gasteiger partial charge in [0.1, 0.15) is 0 Å². The van der Waals surface area contributed by atoms with Crippen LogP contribution in [0.4, 0.5) is 0 Å². The minimum Gasteiger partial charge on any atom is -0.481 e. The zero-order valence-electron chi connectivity index (χ0n) is 6.91. The van der Waals surface area contributed by atoms with E-state index >= 15 is 0 Å². The van der Waals surface area contributed by atoms with Gasteiger partial charge in [-0.3, -0.25) is 4.79 Å². The third-order valence-corrected chi connectivity index (χ3v) is 1.77. The predicted molar refractivity (Wildman–Crippen MR) is 40.4 cm³/mol. The molecule has 3 heteroatoms. The van der Waals surface area contributed by atoms with Crippen LogP contribution in [0.3, 0.4) is 0 Å². The van der Waals surface area contributed by atoms with Gasteiger partial charge in [0.25, 0.3) is 0 Å². The van der Waals surface area contributed by atoms with Gasteiger partial charge in [-0.25, -0.2) is 0 Å². The van der Waals surface area contributed by atoms with Crippen LogP contribution in [0.5, 0.6) is 0 Å². The molecule has 0 aromatic carbocycles. The van der Waals surface area contributed by atoms with Crippen molar-refractivity contribution in [1.82, 2.24) is 0 Å². The number of carboxylic acid groups (broad SMARTS) is 1. The van der Waals surface area contributed by atoms with Gasteiger partial charge in [0, 0.05) is 0 Å². The lowest BCUT2D eigenvalue weighted by atomic mass is 10.1. The van der Waals surface area contributed by atoms with E-state index in [2.05, 4.69) is 13.8 Å². The number of ether oxygens (including phenoxy) is 1. The maximum Gasteiger partial charge on any atom is 0.306 e. The molecule has 11 heavy (non-hydrogen) atoms. The Morgan fingerprint density at radius 3 is 2.64 bits per heavy atom. The Bertz CT molecular complexity index is 153. The van der Waals surface area contributed by atoms with Gasteiger partial charge in [0.2, 0.25) is 0 Å². The molecule has 1 aliphatic rings. The second-order valence-electron chi connectivity index (χ2n) is 3.44. The Morgan fingerprint density at radius 2 is 2.18 bits per heavy atom. The van der Waals surface area contributed by atoms with Crippen molar-refractivity contribution in [2.45, 2.75) is 38.9 Å². The zero-order valence-corrected chi connectivity index (χ0v) is 6.91. The van der Waals surface area contributed by atoms with E-state index in [0.717, 1.165) is 6.42 Å². The molecule has 1 fully saturated rings. The highest BCUT2D eigenvalue weighted by Crippen LogP contribution is 2.30. The van der Waals surface area contributed by atoms with Gasteiger partial charge in [0.05, 0.1) is 18.6 Å². The molecule has 1 aliphatic heterocycles. The van der Waals surface area contributed by atoms with E-state index in [1.54, 1.807) is 0 Å². The first-order valence-corrected chi connectivity index (χ1v) is 3.97. The molecular formula is C8H14O3. The maximum absolute atomic E-state index is 10.2. The zero-order chi connectivity index (χ0) is 8.43. The van der Waals surface area contributed by atoms with Crippen molar-refractivity contribution in [1.29, 1.82) is 0 Å². The summed E-state index contributed by atoms with van der Waals surface area (Å²) in [6.07, 6.45) is 1.36. The average Bonchev–Trinajstić information content (AvgIpc) is 2.43. The molecule has 1 saturated heterocycles. The number of carbonyl (C=O) groups is 1. The summed E-state index contributed by atoms with van der Waals surface area (Å²) < 4.78 is 5.16. The van der Waals surface area contributed by atoms with Crippen molar-refractivity contribution in [3.8, 4) is 0 Å². The normalized spacial score (nSPS) is 29.0. The Hall–Kier alpha value is -0.570. The topological polar surface area (TPSA) is 49.8 Å². The fourth-order valence-electron chi connectivity index (χ4n) is 1.20. The van der Waals surface area contributed by atoms with Crippen LogP contribution in [0.15, 0.2) is 0 Å². The van der Waals surface area contributed by atoms with E-state index < -0.39 is 5.97 Å². The largest absolute Gasteiger partial charge is 0.481 e. The van der Waals surface area contributed by atoms with Crippen molar-refractivity contribution in [3.63, 3.8) is 0 Å². The SMILES string of the molecule is CC(C)CC1OC1CC(=O)O. The number of carboxylic acids is 1. The maximum atomic E-state index is 10.2. The Balaban J connectivity index is 2.11. The highest BCUT2D eigenvalue weighted by atomic mass is 16.6. The Morgan fingerprint density at radius 1 is 1.55 bits per heavy atom. The fourth-order valence-corrected chi connectivity index (χ4v) is 1.20. The molecule has 3 nitrogen and oxygen atoms in total. The molecule has 1 heterocycles. The lowest BCUT2D eigenvalue weighted by Crippen LogP contribution is -2.04. The number of aliphatic carboxylic acids is 1. The van der Waals surface area contributed by atoms with Crippen LogP contribution < -0.4 is 0 Å². The monoisotopic (exact) mass is 158 g/mol. The summed E-state index contributed by atoms with van der Waals surface area (Å²) in [4.78, 5) is 10.2. The van der Waals surface area contributed by atoms with E-state index in [4.69, 9.17) is 9.84 Å². The molecule has 64 valence electrons. The van der Waals surface area contributed by atoms with Crippen LogP contribution in [0, 0.1) is 5.92 Å². The first kappa shape index (κ1) is 8.53. The molecule has 0 amide bonds. The van der Waals surface area contributed by atoms with Gasteiger partial charge in [0.15, 0.2) is 0 Å². The van der Waals surface area contributed by atoms with Gasteiger partial charge < -0.3 is 9.84 Å². The Labute approximate surface area is 66.4 Å². The van der Waals surface area contributed by atoms with E-state index in [-0.39, 0.29) is 18.6 Å². The van der Waals surface area contributed by atoms with Crippen LogP contribution in [0.1, 0.15) is 26.7 Å². The van der Waals surface area contributed by atoms with E-state index in [0.29, 0.717) is 5.92 Å². The summed E-state index contributed by atoms with van der Waals surface area (Å²) in [6, 6.07) is 0. The lowest BCUT2D eigenvalue weighted by molar-refractivity contribution is -0.137. The van der Waals surface area contributed by atoms with Crippen LogP contribution in [-0.2, 0) is 9.53 Å². The number of hydrogen-bond acceptors (Lipinski definition) is 2. The average molecular weight is 158 g/mol. The van der Waals surface area contributed by atoms with Crippen LogP contribution >= 0.6 is 0 Å². The minimum absolute atomic E-state index is 0.00472. The van der Waals surface area contributed by atoms with Crippen molar-refractivity contribution < 1.29 is 14.6 Å². The summed E-state index contributed by atoms with van der Waals surface area (Å²) in [5.74, 6) is -0.167. The number of rotatable bonds is 4. The fraction of sp³-hybridized carbons (Fsp3) is 0.875. The summed E-state index contributed by atoms with van der Waals surface area (Å²) in [7, 11) is 0. The van der Waals surface area contributed by atoms with Gasteiger partial charge in [-0.2, -0.15) is 0 Å². The van der Waals surface area contributed by atoms with Crippen LogP contribution in [0.25, 0.3) is 0 Å². The quantitative estimate of drug-likeness (QED) is 0.627. The van der Waals surface area contributed by atoms with Crippen LogP contribution in [0.2, 0.25) is 0 Å². The molecule has 0 aromatic heterocycles. The first-order chi connectivity index (χ1) is 5.09. The minimum atomic E-state index is -0.763. The number of epoxide rings is 1. The van der Waals surface area contributed by atoms with E-state index in [1.165, 1.54) is 0 Å². The Kier molecular flexibility index (Phi) is 2.49. The summed E-state index contributed by atoms with van der Waals surface area (Å²) in [6.45, 7) is 4.22. The molecule has 0 aliphatic carbocycles. The summed E-state index contributed by atoms with van der Waals surface area (Å²) >= 11 is 0. The lowest BCUT2D eigenvalue weighted by Gasteiger charge is -1.97. The van der Waals surface area contributed by atoms with Crippen LogP contribution in [-0.4, -0.2) is 23.3 Å². The molecule has 0 bridgehead atoms. The van der Waals surface area contributed by atoms with Gasteiger partial charge >= 0.3 is 5.97 Å². The van der Waals surface area contributed by atoms with Gasteiger partial charge in [-0.05, 0) is 12.3 Å². The highest BCUT2D eigenvalue weighted by Gasteiger charge is 2.40. The smallest absolute Gasteiger partial charge is 0.306 e. The molecule has 0 saturated carbocycles. The molecule has 1 N–H and O–H groups in total. The highest BCUT2D eigenvalue weighted by molar-refractivity contribution is 5.67.